The third kappa shape index (κ3) is 4.71. The van der Waals surface area contributed by atoms with Gasteiger partial charge in [-0.3, -0.25) is 9.69 Å². The van der Waals surface area contributed by atoms with Gasteiger partial charge in [-0.2, -0.15) is 0 Å². The molecule has 1 fully saturated rings. The van der Waals surface area contributed by atoms with Gasteiger partial charge in [0.25, 0.3) is 5.56 Å². The van der Waals surface area contributed by atoms with Crippen LogP contribution >= 0.6 is 0 Å². The molecule has 152 valence electrons. The summed E-state index contributed by atoms with van der Waals surface area (Å²) in [7, 11) is 0. The molecule has 0 aliphatic carbocycles. The van der Waals surface area contributed by atoms with E-state index in [0.29, 0.717) is 13.1 Å². The quantitative estimate of drug-likeness (QED) is 0.638. The lowest BCUT2D eigenvalue weighted by atomic mass is 10.2. The molecule has 3 aromatic rings. The second-order valence-corrected chi connectivity index (χ2v) is 7.60. The van der Waals surface area contributed by atoms with Crippen LogP contribution in [0.4, 0.5) is 8.78 Å². The Morgan fingerprint density at radius 3 is 2.34 bits per heavy atom. The number of halogens is 2. The molecule has 6 heteroatoms. The van der Waals surface area contributed by atoms with E-state index in [2.05, 4.69) is 9.80 Å². The minimum absolute atomic E-state index is 0.0417. The highest BCUT2D eigenvalue weighted by Gasteiger charge is 2.17. The average molecular weight is 397 g/mol. The molecule has 2 aromatic carbocycles. The Hall–Kier alpha value is -2.57. The maximum atomic E-state index is 13.4. The number of piperazine rings is 1. The summed E-state index contributed by atoms with van der Waals surface area (Å²) in [5, 5.41) is 1.08. The van der Waals surface area contributed by atoms with E-state index in [1.54, 1.807) is 12.1 Å². The van der Waals surface area contributed by atoms with Crippen molar-refractivity contribution in [3.63, 3.8) is 0 Å². The van der Waals surface area contributed by atoms with E-state index in [0.717, 1.165) is 55.6 Å². The number of hydrogen-bond donors (Lipinski definition) is 0. The van der Waals surface area contributed by atoms with Gasteiger partial charge in [-0.05, 0) is 48.2 Å². The van der Waals surface area contributed by atoms with Gasteiger partial charge in [-0.25, -0.2) is 8.78 Å². The summed E-state index contributed by atoms with van der Waals surface area (Å²) < 4.78 is 28.3. The average Bonchev–Trinajstić information content (AvgIpc) is 2.73. The summed E-state index contributed by atoms with van der Waals surface area (Å²) >= 11 is 0. The molecule has 0 unspecified atom stereocenters. The fourth-order valence-electron chi connectivity index (χ4n) is 3.99. The Bertz CT molecular complexity index is 1040. The number of benzene rings is 2. The second kappa shape index (κ2) is 8.84. The number of fused-ring (bicyclic) bond motifs is 1. The molecular formula is C23H25F2N3O. The molecule has 1 aliphatic rings. The van der Waals surface area contributed by atoms with Crippen molar-refractivity contribution in [3.05, 3.63) is 82.1 Å². The molecule has 4 nitrogen and oxygen atoms in total. The van der Waals surface area contributed by atoms with Gasteiger partial charge in [0, 0.05) is 45.3 Å². The van der Waals surface area contributed by atoms with Crippen LogP contribution in [0.2, 0.25) is 0 Å². The van der Waals surface area contributed by atoms with E-state index < -0.39 is 11.6 Å². The number of nitrogens with zero attached hydrogens (tertiary/aromatic N) is 3. The molecule has 0 spiro atoms. The van der Waals surface area contributed by atoms with Crippen LogP contribution in [0.15, 0.2) is 59.4 Å². The van der Waals surface area contributed by atoms with Gasteiger partial charge in [0.15, 0.2) is 11.6 Å². The Balaban J connectivity index is 1.27. The monoisotopic (exact) mass is 397 g/mol. The summed E-state index contributed by atoms with van der Waals surface area (Å²) in [5.74, 6) is -1.59. The molecule has 1 saturated heterocycles. The summed E-state index contributed by atoms with van der Waals surface area (Å²) in [4.78, 5) is 16.9. The predicted molar refractivity (Wildman–Crippen MR) is 111 cm³/mol. The molecular weight excluding hydrogens is 372 g/mol. The van der Waals surface area contributed by atoms with E-state index in [9.17, 15) is 13.6 Å². The molecule has 0 bridgehead atoms. The summed E-state index contributed by atoms with van der Waals surface area (Å²) in [6, 6.07) is 15.6. The highest BCUT2D eigenvalue weighted by Crippen LogP contribution is 2.14. The highest BCUT2D eigenvalue weighted by atomic mass is 19.2. The number of aryl methyl sites for hydroxylation is 1. The first-order chi connectivity index (χ1) is 14.1. The van der Waals surface area contributed by atoms with Crippen molar-refractivity contribution in [2.24, 2.45) is 0 Å². The lowest BCUT2D eigenvalue weighted by Gasteiger charge is -2.34. The number of hydrogen-bond acceptors (Lipinski definition) is 3. The Labute approximate surface area is 169 Å². The van der Waals surface area contributed by atoms with Crippen LogP contribution < -0.4 is 5.56 Å². The molecule has 2 heterocycles. The van der Waals surface area contributed by atoms with Gasteiger partial charge in [-0.15, -0.1) is 0 Å². The maximum Gasteiger partial charge on any atom is 0.251 e. The van der Waals surface area contributed by atoms with E-state index in [-0.39, 0.29) is 5.56 Å². The van der Waals surface area contributed by atoms with Crippen molar-refractivity contribution < 1.29 is 8.78 Å². The molecule has 0 saturated carbocycles. The topological polar surface area (TPSA) is 28.5 Å². The van der Waals surface area contributed by atoms with Gasteiger partial charge < -0.3 is 9.47 Å². The van der Waals surface area contributed by atoms with Crippen LogP contribution in [0.1, 0.15) is 12.0 Å². The van der Waals surface area contributed by atoms with Gasteiger partial charge >= 0.3 is 0 Å². The number of para-hydroxylation sites is 1. The number of aromatic nitrogens is 1. The van der Waals surface area contributed by atoms with Crippen molar-refractivity contribution >= 4 is 10.9 Å². The van der Waals surface area contributed by atoms with Gasteiger partial charge in [0.2, 0.25) is 0 Å². The number of pyridine rings is 1. The van der Waals surface area contributed by atoms with Crippen molar-refractivity contribution in [2.75, 3.05) is 32.7 Å². The van der Waals surface area contributed by atoms with E-state index in [4.69, 9.17) is 0 Å². The summed E-state index contributed by atoms with van der Waals surface area (Å²) in [6.45, 7) is 5.95. The lowest BCUT2D eigenvalue weighted by Crippen LogP contribution is -2.46. The zero-order valence-electron chi connectivity index (χ0n) is 16.4. The summed E-state index contributed by atoms with van der Waals surface area (Å²) in [5.41, 5.74) is 1.82. The van der Waals surface area contributed by atoms with Crippen molar-refractivity contribution in [3.8, 4) is 0 Å². The SMILES string of the molecule is O=c1ccc2ccccc2n1CCCN1CCN(Cc2ccc(F)c(F)c2)CC1. The van der Waals surface area contributed by atoms with Crippen LogP contribution in [0, 0.1) is 11.6 Å². The fourth-order valence-corrected chi connectivity index (χ4v) is 3.99. The Morgan fingerprint density at radius 1 is 0.793 bits per heavy atom. The molecule has 0 N–H and O–H groups in total. The van der Waals surface area contributed by atoms with Gasteiger partial charge in [0.05, 0.1) is 5.52 Å². The molecule has 1 aromatic heterocycles. The zero-order chi connectivity index (χ0) is 20.2. The molecule has 1 aliphatic heterocycles. The van der Waals surface area contributed by atoms with Crippen LogP contribution in [-0.2, 0) is 13.1 Å². The minimum Gasteiger partial charge on any atom is -0.308 e. The van der Waals surface area contributed by atoms with Crippen molar-refractivity contribution in [1.82, 2.24) is 14.4 Å². The van der Waals surface area contributed by atoms with Crippen LogP contribution in [0.3, 0.4) is 0 Å². The fraction of sp³-hybridized carbons (Fsp3) is 0.348. The molecule has 4 rings (SSSR count). The standard InChI is InChI=1S/C23H25F2N3O/c24-20-8-6-18(16-21(20)25)17-27-14-12-26(13-15-27)10-3-11-28-22-5-2-1-4-19(22)7-9-23(28)29/h1-2,4-9,16H,3,10-15,17H2. The zero-order valence-corrected chi connectivity index (χ0v) is 16.4. The maximum absolute atomic E-state index is 13.4. The number of rotatable bonds is 6. The first-order valence-electron chi connectivity index (χ1n) is 10.1. The third-order valence-corrected chi connectivity index (χ3v) is 5.61. The van der Waals surface area contributed by atoms with E-state index >= 15 is 0 Å². The van der Waals surface area contributed by atoms with Crippen molar-refractivity contribution in [1.29, 1.82) is 0 Å². The second-order valence-electron chi connectivity index (χ2n) is 7.60. The molecule has 0 amide bonds. The van der Waals surface area contributed by atoms with Gasteiger partial charge in [0.1, 0.15) is 0 Å². The highest BCUT2D eigenvalue weighted by molar-refractivity contribution is 5.78. The van der Waals surface area contributed by atoms with E-state index in [1.807, 2.05) is 34.9 Å². The normalized spacial score (nSPS) is 15.8. The third-order valence-electron chi connectivity index (χ3n) is 5.61. The molecule has 29 heavy (non-hydrogen) atoms. The molecule has 0 atom stereocenters. The van der Waals surface area contributed by atoms with E-state index in [1.165, 1.54) is 12.1 Å². The minimum atomic E-state index is -0.802. The largest absolute Gasteiger partial charge is 0.308 e. The molecule has 0 radical (unpaired) electrons. The van der Waals surface area contributed by atoms with Crippen LogP contribution in [0.5, 0.6) is 0 Å². The Morgan fingerprint density at radius 2 is 1.55 bits per heavy atom. The van der Waals surface area contributed by atoms with Crippen LogP contribution in [0.25, 0.3) is 10.9 Å². The lowest BCUT2D eigenvalue weighted by molar-refractivity contribution is 0.125. The van der Waals surface area contributed by atoms with Gasteiger partial charge in [-0.1, -0.05) is 24.3 Å². The summed E-state index contributed by atoms with van der Waals surface area (Å²) in [6.07, 6.45) is 0.914. The smallest absolute Gasteiger partial charge is 0.251 e. The first-order valence-corrected chi connectivity index (χ1v) is 10.1. The Kier molecular flexibility index (Phi) is 6.02. The first kappa shape index (κ1) is 19.7. The van der Waals surface area contributed by atoms with Crippen LogP contribution in [-0.4, -0.2) is 47.1 Å². The predicted octanol–water partition coefficient (Wildman–Crippen LogP) is 3.49. The van der Waals surface area contributed by atoms with Crippen molar-refractivity contribution in [2.45, 2.75) is 19.5 Å².